The Hall–Kier alpha value is -1.79. The van der Waals surface area contributed by atoms with E-state index in [-0.39, 0.29) is 37.1 Å². The Labute approximate surface area is 168 Å². The van der Waals surface area contributed by atoms with Crippen LogP contribution in [0.2, 0.25) is 20.1 Å². The molecule has 134 valence electrons. The van der Waals surface area contributed by atoms with Gasteiger partial charge in [0.25, 0.3) is 11.8 Å². The van der Waals surface area contributed by atoms with Gasteiger partial charge in [-0.1, -0.05) is 46.4 Å². The van der Waals surface area contributed by atoms with E-state index in [1.165, 1.54) is 13.0 Å². The fraction of sp³-hybridized carbons (Fsp3) is 0.118. The monoisotopic (exact) mass is 430 g/mol. The molecule has 0 spiro atoms. The van der Waals surface area contributed by atoms with E-state index >= 15 is 0 Å². The summed E-state index contributed by atoms with van der Waals surface area (Å²) in [4.78, 5) is 37.8. The van der Waals surface area contributed by atoms with Crippen molar-refractivity contribution in [3.8, 4) is 0 Å². The minimum Gasteiger partial charge on any atom is -0.326 e. The van der Waals surface area contributed by atoms with Gasteiger partial charge in [0, 0.05) is 12.6 Å². The van der Waals surface area contributed by atoms with Gasteiger partial charge in [-0.15, -0.1) is 0 Å². The molecule has 3 rings (SSSR count). The number of imide groups is 1. The zero-order chi connectivity index (χ0) is 19.3. The lowest BCUT2D eigenvalue weighted by atomic mass is 10.1. The highest BCUT2D eigenvalue weighted by Gasteiger charge is 2.42. The Bertz CT molecular complexity index is 957. The first kappa shape index (κ1) is 19.0. The molecule has 0 aromatic heterocycles. The molecule has 26 heavy (non-hydrogen) atoms. The Morgan fingerprint density at radius 3 is 1.85 bits per heavy atom. The number of carbonyl (C=O) groups excluding carboxylic acids is 3. The number of rotatable bonds is 2. The van der Waals surface area contributed by atoms with Crippen LogP contribution in [0.15, 0.2) is 18.2 Å². The summed E-state index contributed by atoms with van der Waals surface area (Å²) in [7, 11) is 0. The molecular weight excluding hydrogens is 422 g/mol. The van der Waals surface area contributed by atoms with Crippen LogP contribution in [0.25, 0.3) is 0 Å². The second-order valence-electron chi connectivity index (χ2n) is 5.63. The van der Waals surface area contributed by atoms with Gasteiger partial charge in [0.15, 0.2) is 0 Å². The minimum atomic E-state index is -0.651. The average Bonchev–Trinajstić information content (AvgIpc) is 2.83. The maximum atomic E-state index is 12.8. The summed E-state index contributed by atoms with van der Waals surface area (Å²) in [6.45, 7) is 3.12. The maximum Gasteiger partial charge on any atom is 0.267 e. The third kappa shape index (κ3) is 2.85. The molecule has 1 heterocycles. The number of nitrogens with zero attached hydrogens (tertiary/aromatic N) is 1. The topological polar surface area (TPSA) is 66.5 Å². The van der Waals surface area contributed by atoms with Crippen molar-refractivity contribution in [1.82, 2.24) is 0 Å². The molecule has 3 amide bonds. The third-order valence-electron chi connectivity index (χ3n) is 3.88. The first-order valence-electron chi connectivity index (χ1n) is 7.28. The second kappa shape index (κ2) is 6.74. The molecule has 1 N–H and O–H groups in total. The van der Waals surface area contributed by atoms with Crippen LogP contribution in [-0.4, -0.2) is 17.7 Å². The van der Waals surface area contributed by atoms with E-state index in [1.54, 1.807) is 19.1 Å². The summed E-state index contributed by atoms with van der Waals surface area (Å²) in [5, 5.41) is 2.24. The highest BCUT2D eigenvalue weighted by atomic mass is 35.5. The van der Waals surface area contributed by atoms with Crippen molar-refractivity contribution >= 4 is 75.5 Å². The van der Waals surface area contributed by atoms with Gasteiger partial charge in [0.2, 0.25) is 5.91 Å². The SMILES string of the molecule is CC(=O)Nc1ccc(N2C(=O)c3c(Cl)c(Cl)c(Cl)c(Cl)c3C2=O)cc1C. The van der Waals surface area contributed by atoms with Crippen LogP contribution in [0.1, 0.15) is 33.2 Å². The van der Waals surface area contributed by atoms with Crippen LogP contribution < -0.4 is 10.2 Å². The lowest BCUT2D eigenvalue weighted by Crippen LogP contribution is -2.29. The summed E-state index contributed by atoms with van der Waals surface area (Å²) in [6.07, 6.45) is 0. The number of hydrogen-bond acceptors (Lipinski definition) is 3. The fourth-order valence-electron chi connectivity index (χ4n) is 2.70. The van der Waals surface area contributed by atoms with E-state index in [0.717, 1.165) is 4.90 Å². The largest absolute Gasteiger partial charge is 0.326 e. The van der Waals surface area contributed by atoms with E-state index in [0.29, 0.717) is 16.9 Å². The van der Waals surface area contributed by atoms with Gasteiger partial charge in [-0.3, -0.25) is 14.4 Å². The van der Waals surface area contributed by atoms with Crippen LogP contribution >= 0.6 is 46.4 Å². The van der Waals surface area contributed by atoms with Crippen LogP contribution in [0.4, 0.5) is 11.4 Å². The lowest BCUT2D eigenvalue weighted by Gasteiger charge is -2.16. The smallest absolute Gasteiger partial charge is 0.267 e. The number of nitrogens with one attached hydrogen (secondary N) is 1. The standard InChI is InChI=1S/C17H10Cl4N2O3/c1-6-5-8(3-4-9(6)22-7(2)24)23-16(25)10-11(17(23)26)13(19)15(21)14(20)12(10)18/h3-5H,1-2H3,(H,22,24). The molecule has 9 heteroatoms. The Morgan fingerprint density at radius 1 is 0.923 bits per heavy atom. The van der Waals surface area contributed by atoms with Gasteiger partial charge in [-0.25, -0.2) is 4.90 Å². The average molecular weight is 432 g/mol. The third-order valence-corrected chi connectivity index (χ3v) is 5.68. The van der Waals surface area contributed by atoms with Crippen LogP contribution in [0.3, 0.4) is 0 Å². The van der Waals surface area contributed by atoms with Crippen molar-refractivity contribution in [1.29, 1.82) is 0 Å². The number of anilines is 2. The summed E-state index contributed by atoms with van der Waals surface area (Å²) in [5.41, 5.74) is 1.38. The molecule has 1 aliphatic rings. The molecule has 1 aliphatic heterocycles. The molecule has 0 saturated carbocycles. The van der Waals surface area contributed by atoms with Crippen molar-refractivity contribution < 1.29 is 14.4 Å². The van der Waals surface area contributed by atoms with Gasteiger partial charge >= 0.3 is 0 Å². The van der Waals surface area contributed by atoms with Crippen LogP contribution in [0, 0.1) is 6.92 Å². The van der Waals surface area contributed by atoms with Gasteiger partial charge in [0.1, 0.15) is 0 Å². The highest BCUT2D eigenvalue weighted by molar-refractivity contribution is 6.56. The molecule has 0 fully saturated rings. The van der Waals surface area contributed by atoms with Crippen LogP contribution in [0.5, 0.6) is 0 Å². The molecule has 2 aromatic carbocycles. The molecule has 0 aliphatic carbocycles. The lowest BCUT2D eigenvalue weighted by molar-refractivity contribution is -0.114. The van der Waals surface area contributed by atoms with Crippen LogP contribution in [-0.2, 0) is 4.79 Å². The first-order chi connectivity index (χ1) is 12.1. The van der Waals surface area contributed by atoms with Gasteiger partial charge in [-0.05, 0) is 30.7 Å². The van der Waals surface area contributed by atoms with Gasteiger partial charge < -0.3 is 5.32 Å². The molecule has 0 saturated heterocycles. The summed E-state index contributed by atoms with van der Waals surface area (Å²) in [5.74, 6) is -1.53. The van der Waals surface area contributed by atoms with Crippen molar-refractivity contribution in [3.05, 3.63) is 55.0 Å². The maximum absolute atomic E-state index is 12.8. The molecule has 0 unspecified atom stereocenters. The summed E-state index contributed by atoms with van der Waals surface area (Å²) in [6, 6.07) is 4.72. The molecule has 0 radical (unpaired) electrons. The van der Waals surface area contributed by atoms with E-state index < -0.39 is 11.8 Å². The summed E-state index contributed by atoms with van der Waals surface area (Å²) >= 11 is 24.2. The predicted octanol–water partition coefficient (Wildman–Crippen LogP) is 5.37. The van der Waals surface area contributed by atoms with Crippen molar-refractivity contribution in [3.63, 3.8) is 0 Å². The predicted molar refractivity (Wildman–Crippen MR) is 103 cm³/mol. The number of carbonyl (C=O) groups is 3. The zero-order valence-corrected chi connectivity index (χ0v) is 16.4. The number of benzene rings is 2. The molecule has 0 bridgehead atoms. The van der Waals surface area contributed by atoms with E-state index in [9.17, 15) is 14.4 Å². The van der Waals surface area contributed by atoms with Gasteiger partial charge in [0.05, 0.1) is 36.9 Å². The fourth-order valence-corrected chi connectivity index (χ4v) is 3.71. The van der Waals surface area contributed by atoms with Crippen molar-refractivity contribution in [2.45, 2.75) is 13.8 Å². The van der Waals surface area contributed by atoms with E-state index in [4.69, 9.17) is 46.4 Å². The zero-order valence-electron chi connectivity index (χ0n) is 13.4. The van der Waals surface area contributed by atoms with E-state index in [2.05, 4.69) is 5.32 Å². The van der Waals surface area contributed by atoms with E-state index in [1.807, 2.05) is 0 Å². The summed E-state index contributed by atoms with van der Waals surface area (Å²) < 4.78 is 0. The Balaban J connectivity index is 2.12. The molecule has 5 nitrogen and oxygen atoms in total. The minimum absolute atomic E-state index is 0.0837. The van der Waals surface area contributed by atoms with Crippen molar-refractivity contribution in [2.24, 2.45) is 0 Å². The molecule has 0 atom stereocenters. The number of aryl methyl sites for hydroxylation is 1. The number of amides is 3. The van der Waals surface area contributed by atoms with Crippen molar-refractivity contribution in [2.75, 3.05) is 10.2 Å². The quantitative estimate of drug-likeness (QED) is 0.395. The number of halogens is 4. The first-order valence-corrected chi connectivity index (χ1v) is 8.79. The number of fused-ring (bicyclic) bond motifs is 1. The molecule has 2 aromatic rings. The Kier molecular flexibility index (Phi) is 4.92. The highest BCUT2D eigenvalue weighted by Crippen LogP contribution is 2.45. The Morgan fingerprint density at radius 2 is 1.42 bits per heavy atom. The molecular formula is C17H10Cl4N2O3. The number of hydrogen-bond donors (Lipinski definition) is 1. The van der Waals surface area contributed by atoms with Gasteiger partial charge in [-0.2, -0.15) is 0 Å². The normalized spacial score (nSPS) is 13.2. The second-order valence-corrected chi connectivity index (χ2v) is 7.14.